The number of fused-ring (bicyclic) bond motifs is 1. The SMILES string of the molecule is CC1=c2cc(O)ccc2=CC(=S(=O)=O)C1N. The van der Waals surface area contributed by atoms with Crippen LogP contribution in [0.1, 0.15) is 6.92 Å². The second kappa shape index (κ2) is 3.77. The molecular formula is C11H11NO3S. The summed E-state index contributed by atoms with van der Waals surface area (Å²) in [7, 11) is -2.31. The molecule has 0 aliphatic heterocycles. The smallest absolute Gasteiger partial charge is 0.219 e. The summed E-state index contributed by atoms with van der Waals surface area (Å²) < 4.78 is 22.0. The van der Waals surface area contributed by atoms with Crippen LogP contribution in [0, 0.1) is 0 Å². The molecule has 4 nitrogen and oxygen atoms in total. The Labute approximate surface area is 93.9 Å². The van der Waals surface area contributed by atoms with E-state index in [4.69, 9.17) is 5.73 Å². The molecule has 16 heavy (non-hydrogen) atoms. The van der Waals surface area contributed by atoms with Gasteiger partial charge < -0.3 is 10.8 Å². The summed E-state index contributed by atoms with van der Waals surface area (Å²) in [5.41, 5.74) is 6.55. The van der Waals surface area contributed by atoms with Crippen LogP contribution in [0.5, 0.6) is 5.75 Å². The molecule has 0 saturated heterocycles. The average molecular weight is 237 g/mol. The third-order valence-corrected chi connectivity index (χ3v) is 3.48. The molecule has 0 saturated carbocycles. The zero-order chi connectivity index (χ0) is 11.9. The fraction of sp³-hybridized carbons (Fsp3) is 0.182. The fourth-order valence-electron chi connectivity index (χ4n) is 1.79. The van der Waals surface area contributed by atoms with Gasteiger partial charge in [-0.3, -0.25) is 0 Å². The summed E-state index contributed by atoms with van der Waals surface area (Å²) in [5.74, 6) is 0.144. The number of rotatable bonds is 0. The van der Waals surface area contributed by atoms with Crippen LogP contribution in [0.25, 0.3) is 11.6 Å². The monoisotopic (exact) mass is 237 g/mol. The summed E-state index contributed by atoms with van der Waals surface area (Å²) in [6, 6.07) is 4.15. The molecule has 1 unspecified atom stereocenters. The van der Waals surface area contributed by atoms with Gasteiger partial charge in [-0.05, 0) is 41.1 Å². The highest BCUT2D eigenvalue weighted by Crippen LogP contribution is 2.06. The predicted molar refractivity (Wildman–Crippen MR) is 62.8 cm³/mol. The van der Waals surface area contributed by atoms with E-state index in [0.29, 0.717) is 0 Å². The molecule has 84 valence electrons. The molecule has 0 amide bonds. The third-order valence-electron chi connectivity index (χ3n) is 2.72. The number of hydrogen-bond acceptors (Lipinski definition) is 4. The van der Waals surface area contributed by atoms with E-state index < -0.39 is 16.3 Å². The third kappa shape index (κ3) is 1.64. The molecule has 0 aromatic heterocycles. The molecular weight excluding hydrogens is 226 g/mol. The van der Waals surface area contributed by atoms with Gasteiger partial charge in [0.2, 0.25) is 10.3 Å². The number of phenols is 1. The quantitative estimate of drug-likeness (QED) is 0.552. The van der Waals surface area contributed by atoms with Gasteiger partial charge in [-0.15, -0.1) is 0 Å². The van der Waals surface area contributed by atoms with E-state index in [2.05, 4.69) is 0 Å². The van der Waals surface area contributed by atoms with Gasteiger partial charge in [0, 0.05) is 0 Å². The van der Waals surface area contributed by atoms with Crippen LogP contribution < -0.4 is 16.2 Å². The Kier molecular flexibility index (Phi) is 2.57. The lowest BCUT2D eigenvalue weighted by molar-refractivity contribution is 0.474. The van der Waals surface area contributed by atoms with Gasteiger partial charge in [0.15, 0.2) is 0 Å². The van der Waals surface area contributed by atoms with Gasteiger partial charge in [-0.25, -0.2) is 0 Å². The van der Waals surface area contributed by atoms with E-state index in [-0.39, 0.29) is 10.6 Å². The summed E-state index contributed by atoms with van der Waals surface area (Å²) in [4.78, 5) is 0.177. The van der Waals surface area contributed by atoms with Gasteiger partial charge in [0.05, 0.1) is 10.9 Å². The summed E-state index contributed by atoms with van der Waals surface area (Å²) in [6.07, 6.45) is 1.54. The van der Waals surface area contributed by atoms with Crippen molar-refractivity contribution < 1.29 is 13.5 Å². The molecule has 0 heterocycles. The van der Waals surface area contributed by atoms with Crippen molar-refractivity contribution in [3.05, 3.63) is 28.6 Å². The Morgan fingerprint density at radius 3 is 2.69 bits per heavy atom. The number of benzene rings is 1. The Morgan fingerprint density at radius 1 is 1.38 bits per heavy atom. The zero-order valence-corrected chi connectivity index (χ0v) is 9.45. The van der Waals surface area contributed by atoms with Crippen molar-refractivity contribution in [1.82, 2.24) is 0 Å². The number of phenolic OH excluding ortho intramolecular Hbond substituents is 1. The largest absolute Gasteiger partial charge is 0.508 e. The minimum atomic E-state index is -2.31. The van der Waals surface area contributed by atoms with Crippen LogP contribution in [-0.4, -0.2) is 24.4 Å². The first kappa shape index (κ1) is 10.9. The van der Waals surface area contributed by atoms with Gasteiger partial charge in [0.25, 0.3) is 0 Å². The summed E-state index contributed by atoms with van der Waals surface area (Å²) in [5, 5.41) is 10.9. The van der Waals surface area contributed by atoms with Crippen molar-refractivity contribution >= 4 is 26.8 Å². The van der Waals surface area contributed by atoms with E-state index in [1.165, 1.54) is 12.1 Å². The summed E-state index contributed by atoms with van der Waals surface area (Å²) >= 11 is 0. The van der Waals surface area contributed by atoms with Gasteiger partial charge in [0.1, 0.15) is 5.75 Å². The first-order chi connectivity index (χ1) is 7.50. The molecule has 1 aromatic rings. The van der Waals surface area contributed by atoms with Gasteiger partial charge in [-0.2, -0.15) is 8.42 Å². The minimum Gasteiger partial charge on any atom is -0.508 e. The second-order valence-corrected chi connectivity index (χ2v) is 4.65. The molecule has 2 rings (SSSR count). The fourth-order valence-corrected chi connectivity index (χ4v) is 2.39. The maximum Gasteiger partial charge on any atom is 0.219 e. The average Bonchev–Trinajstić information content (AvgIpc) is 2.23. The zero-order valence-electron chi connectivity index (χ0n) is 8.64. The Balaban J connectivity index is 2.96. The van der Waals surface area contributed by atoms with Crippen molar-refractivity contribution in [2.24, 2.45) is 5.73 Å². The molecule has 0 radical (unpaired) electrons. The lowest BCUT2D eigenvalue weighted by atomic mass is 9.96. The maximum absolute atomic E-state index is 11.0. The predicted octanol–water partition coefficient (Wildman–Crippen LogP) is -1.26. The Bertz CT molecular complexity index is 693. The molecule has 0 spiro atoms. The van der Waals surface area contributed by atoms with Crippen LogP contribution in [0.3, 0.4) is 0 Å². The molecule has 0 bridgehead atoms. The number of nitrogens with two attached hydrogens (primary N) is 1. The van der Waals surface area contributed by atoms with Gasteiger partial charge in [-0.1, -0.05) is 6.07 Å². The first-order valence-corrected chi connectivity index (χ1v) is 5.81. The molecule has 1 aliphatic carbocycles. The van der Waals surface area contributed by atoms with Crippen LogP contribution in [0.2, 0.25) is 0 Å². The number of aromatic hydroxyl groups is 1. The molecule has 1 aliphatic rings. The highest BCUT2D eigenvalue weighted by atomic mass is 32.2. The maximum atomic E-state index is 11.0. The Hall–Kier alpha value is -1.59. The molecule has 1 aromatic carbocycles. The highest BCUT2D eigenvalue weighted by molar-refractivity contribution is 7.74. The van der Waals surface area contributed by atoms with E-state index >= 15 is 0 Å². The minimum absolute atomic E-state index is 0.144. The number of hydrogen-bond donors (Lipinski definition) is 2. The highest BCUT2D eigenvalue weighted by Gasteiger charge is 2.17. The normalized spacial score (nSPS) is 19.0. The van der Waals surface area contributed by atoms with Crippen molar-refractivity contribution in [2.45, 2.75) is 13.0 Å². The van der Waals surface area contributed by atoms with E-state index in [1.807, 2.05) is 0 Å². The van der Waals surface area contributed by atoms with Crippen LogP contribution in [-0.2, 0) is 10.3 Å². The standard InChI is InChI=1S/C11H11NO3S/c1-6-9-5-8(13)3-2-7(9)4-10(11(6)12)16(14)15/h2-5,11,13H,12H2,1H3. The van der Waals surface area contributed by atoms with Crippen LogP contribution >= 0.6 is 0 Å². The second-order valence-electron chi connectivity index (χ2n) is 3.71. The van der Waals surface area contributed by atoms with E-state index in [0.717, 1.165) is 16.0 Å². The Morgan fingerprint density at radius 2 is 2.06 bits per heavy atom. The van der Waals surface area contributed by atoms with E-state index in [1.54, 1.807) is 19.1 Å². The van der Waals surface area contributed by atoms with Crippen molar-refractivity contribution in [3.63, 3.8) is 0 Å². The summed E-state index contributed by atoms with van der Waals surface area (Å²) in [6.45, 7) is 1.77. The van der Waals surface area contributed by atoms with Crippen LogP contribution in [0.4, 0.5) is 0 Å². The van der Waals surface area contributed by atoms with E-state index in [9.17, 15) is 13.5 Å². The van der Waals surface area contributed by atoms with Crippen molar-refractivity contribution in [3.8, 4) is 5.75 Å². The van der Waals surface area contributed by atoms with Crippen LogP contribution in [0.15, 0.2) is 18.2 Å². The first-order valence-electron chi connectivity index (χ1n) is 4.74. The topological polar surface area (TPSA) is 80.4 Å². The lowest BCUT2D eigenvalue weighted by Gasteiger charge is -2.15. The van der Waals surface area contributed by atoms with Crippen molar-refractivity contribution in [1.29, 1.82) is 0 Å². The molecule has 0 fully saturated rings. The van der Waals surface area contributed by atoms with Gasteiger partial charge >= 0.3 is 0 Å². The lowest BCUT2D eigenvalue weighted by Crippen LogP contribution is -2.43. The van der Waals surface area contributed by atoms with Crippen molar-refractivity contribution in [2.75, 3.05) is 0 Å². The molecule has 1 atom stereocenters. The molecule has 3 N–H and O–H groups in total. The molecule has 5 heteroatoms.